The molecule has 1 aromatic heterocycles. The third-order valence-corrected chi connectivity index (χ3v) is 5.33. The van der Waals surface area contributed by atoms with Crippen molar-refractivity contribution in [2.45, 2.75) is 6.42 Å². The molecule has 0 unspecified atom stereocenters. The Morgan fingerprint density at radius 2 is 1.92 bits per heavy atom. The van der Waals surface area contributed by atoms with Crippen LogP contribution >= 0.6 is 22.9 Å². The Morgan fingerprint density at radius 3 is 2.67 bits per heavy atom. The van der Waals surface area contributed by atoms with Gasteiger partial charge in [0.15, 0.2) is 0 Å². The standard InChI is InChI=1S/C18H15ClN2O2S/c19-15-13-6-1-2-7-14(13)24-16(15)18(23)21-9-8-11-4-3-5-12(10-11)17(20)22/h1-7,10H,8-9H2,(H2,20,22)(H,21,23). The van der Waals surface area contributed by atoms with Gasteiger partial charge in [-0.05, 0) is 30.2 Å². The van der Waals surface area contributed by atoms with Crippen molar-refractivity contribution in [3.05, 3.63) is 69.6 Å². The second-order valence-corrected chi connectivity index (χ2v) is 6.74. The molecule has 3 aromatic rings. The summed E-state index contributed by atoms with van der Waals surface area (Å²) in [4.78, 5) is 24.0. The Labute approximate surface area is 148 Å². The summed E-state index contributed by atoms with van der Waals surface area (Å²) in [6, 6.07) is 14.7. The highest BCUT2D eigenvalue weighted by atomic mass is 35.5. The van der Waals surface area contributed by atoms with Crippen LogP contribution in [0, 0.1) is 0 Å². The van der Waals surface area contributed by atoms with Gasteiger partial charge in [-0.2, -0.15) is 0 Å². The van der Waals surface area contributed by atoms with Crippen LogP contribution in [0.25, 0.3) is 10.1 Å². The van der Waals surface area contributed by atoms with E-state index in [9.17, 15) is 9.59 Å². The molecule has 122 valence electrons. The number of rotatable bonds is 5. The van der Waals surface area contributed by atoms with Gasteiger partial charge in [0.1, 0.15) is 4.88 Å². The molecule has 4 nitrogen and oxygen atoms in total. The number of nitrogens with one attached hydrogen (secondary N) is 1. The summed E-state index contributed by atoms with van der Waals surface area (Å²) in [5.41, 5.74) is 6.67. The fourth-order valence-corrected chi connectivity index (χ4v) is 3.87. The molecule has 0 aliphatic heterocycles. The molecule has 2 aromatic carbocycles. The maximum Gasteiger partial charge on any atom is 0.262 e. The molecule has 0 bridgehead atoms. The minimum Gasteiger partial charge on any atom is -0.366 e. The second kappa shape index (κ2) is 7.03. The molecule has 1 heterocycles. The zero-order valence-electron chi connectivity index (χ0n) is 12.7. The summed E-state index contributed by atoms with van der Waals surface area (Å²) < 4.78 is 0.988. The number of carbonyl (C=O) groups excluding carboxylic acids is 2. The minimum atomic E-state index is -0.460. The lowest BCUT2D eigenvalue weighted by Crippen LogP contribution is -2.25. The first kappa shape index (κ1) is 16.5. The number of nitrogens with two attached hydrogens (primary N) is 1. The van der Waals surface area contributed by atoms with E-state index in [1.807, 2.05) is 30.3 Å². The Balaban J connectivity index is 1.66. The van der Waals surface area contributed by atoms with Gasteiger partial charge in [0, 0.05) is 22.2 Å². The summed E-state index contributed by atoms with van der Waals surface area (Å²) >= 11 is 7.68. The average Bonchev–Trinajstić information content (AvgIpc) is 2.92. The van der Waals surface area contributed by atoms with Crippen LogP contribution in [0.15, 0.2) is 48.5 Å². The number of benzene rings is 2. The molecule has 0 spiro atoms. The van der Waals surface area contributed by atoms with Crippen molar-refractivity contribution in [2.24, 2.45) is 5.73 Å². The monoisotopic (exact) mass is 358 g/mol. The zero-order valence-corrected chi connectivity index (χ0v) is 14.3. The van der Waals surface area contributed by atoms with E-state index in [0.29, 0.717) is 28.4 Å². The fourth-order valence-electron chi connectivity index (χ4n) is 2.44. The lowest BCUT2D eigenvalue weighted by atomic mass is 10.1. The molecule has 0 aliphatic rings. The SMILES string of the molecule is NC(=O)c1cccc(CCNC(=O)c2sc3ccccc3c2Cl)c1. The van der Waals surface area contributed by atoms with Crippen molar-refractivity contribution >= 4 is 44.8 Å². The normalized spacial score (nSPS) is 10.7. The average molecular weight is 359 g/mol. The van der Waals surface area contributed by atoms with Gasteiger partial charge in [-0.25, -0.2) is 0 Å². The largest absolute Gasteiger partial charge is 0.366 e. The van der Waals surface area contributed by atoms with Gasteiger partial charge in [-0.15, -0.1) is 11.3 Å². The molecule has 0 fully saturated rings. The van der Waals surface area contributed by atoms with E-state index in [-0.39, 0.29) is 5.91 Å². The summed E-state index contributed by atoms with van der Waals surface area (Å²) in [7, 11) is 0. The van der Waals surface area contributed by atoms with Gasteiger partial charge in [-0.1, -0.05) is 41.9 Å². The molecule has 3 rings (SSSR count). The maximum atomic E-state index is 12.3. The van der Waals surface area contributed by atoms with E-state index in [1.54, 1.807) is 18.2 Å². The number of carbonyl (C=O) groups is 2. The molecule has 0 radical (unpaired) electrons. The molecular weight excluding hydrogens is 344 g/mol. The smallest absolute Gasteiger partial charge is 0.262 e. The Bertz CT molecular complexity index is 920. The quantitative estimate of drug-likeness (QED) is 0.731. The number of fused-ring (bicyclic) bond motifs is 1. The van der Waals surface area contributed by atoms with Crippen LogP contribution in [0.5, 0.6) is 0 Å². The predicted molar refractivity (Wildman–Crippen MR) is 97.8 cm³/mol. The highest BCUT2D eigenvalue weighted by molar-refractivity contribution is 7.21. The Hall–Kier alpha value is -2.37. The molecule has 6 heteroatoms. The van der Waals surface area contributed by atoms with Gasteiger partial charge in [-0.3, -0.25) is 9.59 Å². The van der Waals surface area contributed by atoms with E-state index >= 15 is 0 Å². The van der Waals surface area contributed by atoms with E-state index in [2.05, 4.69) is 5.32 Å². The molecule has 0 atom stereocenters. The number of amides is 2. The van der Waals surface area contributed by atoms with E-state index in [0.717, 1.165) is 15.6 Å². The number of hydrogen-bond donors (Lipinski definition) is 2. The Morgan fingerprint density at radius 1 is 1.12 bits per heavy atom. The van der Waals surface area contributed by atoms with Crippen molar-refractivity contribution in [1.29, 1.82) is 0 Å². The predicted octanol–water partition coefficient (Wildman–Crippen LogP) is 3.63. The van der Waals surface area contributed by atoms with Crippen LogP contribution in [0.1, 0.15) is 25.6 Å². The molecule has 0 aliphatic carbocycles. The molecule has 24 heavy (non-hydrogen) atoms. The van der Waals surface area contributed by atoms with Crippen molar-refractivity contribution in [3.63, 3.8) is 0 Å². The third kappa shape index (κ3) is 3.42. The number of hydrogen-bond acceptors (Lipinski definition) is 3. The van der Waals surface area contributed by atoms with Crippen LogP contribution in [-0.4, -0.2) is 18.4 Å². The summed E-state index contributed by atoms with van der Waals surface area (Å²) in [5.74, 6) is -0.648. The zero-order chi connectivity index (χ0) is 17.1. The van der Waals surface area contributed by atoms with Crippen LogP contribution < -0.4 is 11.1 Å². The number of primary amides is 1. The van der Waals surface area contributed by atoms with Gasteiger partial charge < -0.3 is 11.1 Å². The molecule has 0 saturated carbocycles. The van der Waals surface area contributed by atoms with Crippen molar-refractivity contribution in [2.75, 3.05) is 6.54 Å². The molecule has 3 N–H and O–H groups in total. The van der Waals surface area contributed by atoms with Gasteiger partial charge in [0.25, 0.3) is 5.91 Å². The van der Waals surface area contributed by atoms with Gasteiger partial charge in [0.2, 0.25) is 5.91 Å². The molecule has 2 amide bonds. The highest BCUT2D eigenvalue weighted by Crippen LogP contribution is 2.34. The molecule has 0 saturated heterocycles. The van der Waals surface area contributed by atoms with Crippen LogP contribution in [-0.2, 0) is 6.42 Å². The molecular formula is C18H15ClN2O2S. The third-order valence-electron chi connectivity index (χ3n) is 3.65. The van der Waals surface area contributed by atoms with Crippen LogP contribution in [0.3, 0.4) is 0 Å². The maximum absolute atomic E-state index is 12.3. The Kier molecular flexibility index (Phi) is 4.83. The topological polar surface area (TPSA) is 72.2 Å². The van der Waals surface area contributed by atoms with Crippen LogP contribution in [0.4, 0.5) is 0 Å². The van der Waals surface area contributed by atoms with Crippen LogP contribution in [0.2, 0.25) is 5.02 Å². The summed E-state index contributed by atoms with van der Waals surface area (Å²) in [6.07, 6.45) is 0.607. The van der Waals surface area contributed by atoms with Crippen molar-refractivity contribution in [1.82, 2.24) is 5.32 Å². The number of halogens is 1. The first-order chi connectivity index (χ1) is 11.6. The minimum absolute atomic E-state index is 0.188. The van der Waals surface area contributed by atoms with E-state index in [1.165, 1.54) is 11.3 Å². The number of thiophene rings is 1. The first-order valence-corrected chi connectivity index (χ1v) is 8.59. The van der Waals surface area contributed by atoms with Crippen molar-refractivity contribution in [3.8, 4) is 0 Å². The van der Waals surface area contributed by atoms with E-state index in [4.69, 9.17) is 17.3 Å². The van der Waals surface area contributed by atoms with Gasteiger partial charge in [0.05, 0.1) is 5.02 Å². The van der Waals surface area contributed by atoms with Crippen molar-refractivity contribution < 1.29 is 9.59 Å². The lowest BCUT2D eigenvalue weighted by Gasteiger charge is -2.05. The lowest BCUT2D eigenvalue weighted by molar-refractivity contribution is 0.0956. The highest BCUT2D eigenvalue weighted by Gasteiger charge is 2.16. The summed E-state index contributed by atoms with van der Waals surface area (Å²) in [5, 5.41) is 4.25. The fraction of sp³-hybridized carbons (Fsp3) is 0.111. The van der Waals surface area contributed by atoms with Gasteiger partial charge >= 0.3 is 0 Å². The second-order valence-electron chi connectivity index (χ2n) is 5.31. The summed E-state index contributed by atoms with van der Waals surface area (Å²) in [6.45, 7) is 0.450. The first-order valence-electron chi connectivity index (χ1n) is 7.40. The van der Waals surface area contributed by atoms with E-state index < -0.39 is 5.91 Å².